The molecular weight excluding hydrogens is 412 g/mol. The second-order valence-electron chi connectivity index (χ2n) is 8.91. The first-order valence-electron chi connectivity index (χ1n) is 12.8. The standard InChI is InChI=1S/C28H46NP2/c1-5-9-23-30(24-10-6-2,27-19-15-13-16-20-27)29-31(25-11-7-3,26-12-8-4)28-21-17-14-18-22-28/h13-22H,5-12,23-26H2,1-4H3/q+1. The fourth-order valence-corrected chi connectivity index (χ4v) is 15.6. The maximum Gasteiger partial charge on any atom is 0.244 e. The minimum Gasteiger partial charge on any atom is -0.167 e. The molecule has 0 unspecified atom stereocenters. The largest absolute Gasteiger partial charge is 0.244 e. The lowest BCUT2D eigenvalue weighted by molar-refractivity contribution is 0.862. The molecule has 2 aromatic carbocycles. The third kappa shape index (κ3) is 7.53. The van der Waals surface area contributed by atoms with Gasteiger partial charge in [0.1, 0.15) is 0 Å². The summed E-state index contributed by atoms with van der Waals surface area (Å²) in [6.07, 6.45) is 15.4. The van der Waals surface area contributed by atoms with Crippen molar-refractivity contribution in [1.29, 1.82) is 0 Å². The van der Waals surface area contributed by atoms with Gasteiger partial charge < -0.3 is 0 Å². The molecule has 0 fully saturated rings. The molecule has 0 heterocycles. The van der Waals surface area contributed by atoms with Crippen LogP contribution in [0.25, 0.3) is 0 Å². The van der Waals surface area contributed by atoms with E-state index >= 15 is 0 Å². The lowest BCUT2D eigenvalue weighted by Gasteiger charge is -2.19. The molecule has 0 spiro atoms. The van der Waals surface area contributed by atoms with Gasteiger partial charge in [0.2, 0.25) is 14.1 Å². The fraction of sp³-hybridized carbons (Fsp3) is 0.571. The van der Waals surface area contributed by atoms with Crippen molar-refractivity contribution in [3.8, 4) is 0 Å². The predicted octanol–water partition coefficient (Wildman–Crippen LogP) is 8.31. The smallest absolute Gasteiger partial charge is 0.167 e. The highest BCUT2D eigenvalue weighted by Gasteiger charge is 2.37. The molecule has 0 aliphatic carbocycles. The molecule has 0 saturated heterocycles. The molecule has 0 bridgehead atoms. The van der Waals surface area contributed by atoms with Crippen LogP contribution < -0.4 is 14.8 Å². The van der Waals surface area contributed by atoms with Crippen LogP contribution in [0.1, 0.15) is 79.1 Å². The molecule has 2 aromatic rings. The van der Waals surface area contributed by atoms with Gasteiger partial charge in [-0.05, 0) is 49.9 Å². The van der Waals surface area contributed by atoms with Gasteiger partial charge in [-0.2, -0.15) is 4.17 Å². The summed E-state index contributed by atoms with van der Waals surface area (Å²) >= 11 is 0. The molecule has 1 nitrogen and oxygen atoms in total. The summed E-state index contributed by atoms with van der Waals surface area (Å²) in [4.78, 5) is 0. The SMILES string of the molecule is CCCCP(CCCC)(=[N+]=P(CCCC)(CCCC)c1ccccc1)c1ccccc1. The van der Waals surface area contributed by atoms with Crippen molar-refractivity contribution in [3.05, 3.63) is 60.7 Å². The lowest BCUT2D eigenvalue weighted by Crippen LogP contribution is -2.18. The van der Waals surface area contributed by atoms with Crippen molar-refractivity contribution in [3.63, 3.8) is 0 Å². The molecule has 2 rings (SSSR count). The highest BCUT2D eigenvalue weighted by atomic mass is 31.2. The first kappa shape index (κ1) is 26.3. The molecule has 0 atom stereocenters. The number of nitrogens with zero attached hydrogens (tertiary/aromatic N) is 1. The average Bonchev–Trinajstić information content (AvgIpc) is 2.83. The van der Waals surface area contributed by atoms with Gasteiger partial charge in [0, 0.05) is 35.3 Å². The second-order valence-corrected chi connectivity index (χ2v) is 16.1. The average molecular weight is 459 g/mol. The third-order valence-electron chi connectivity index (χ3n) is 6.34. The van der Waals surface area contributed by atoms with E-state index in [0.29, 0.717) is 0 Å². The lowest BCUT2D eigenvalue weighted by atomic mass is 10.4. The van der Waals surface area contributed by atoms with E-state index in [9.17, 15) is 0 Å². The normalized spacial score (nSPS) is 12.0. The van der Waals surface area contributed by atoms with Gasteiger partial charge in [0.05, 0.1) is 0 Å². The molecule has 0 amide bonds. The summed E-state index contributed by atoms with van der Waals surface area (Å²) in [5.74, 6) is 0. The summed E-state index contributed by atoms with van der Waals surface area (Å²) < 4.78 is 6.25. The van der Waals surface area contributed by atoms with Crippen LogP contribution in [0.3, 0.4) is 0 Å². The van der Waals surface area contributed by atoms with Gasteiger partial charge >= 0.3 is 0 Å². The van der Waals surface area contributed by atoms with E-state index in [4.69, 9.17) is 4.17 Å². The summed E-state index contributed by atoms with van der Waals surface area (Å²) in [7, 11) is -3.15. The first-order chi connectivity index (χ1) is 15.2. The highest BCUT2D eigenvalue weighted by molar-refractivity contribution is 7.80. The second kappa shape index (κ2) is 14.2. The zero-order valence-corrected chi connectivity index (χ0v) is 22.4. The molecule has 0 aliphatic heterocycles. The maximum absolute atomic E-state index is 6.25. The number of benzene rings is 2. The van der Waals surface area contributed by atoms with Gasteiger partial charge in [0.25, 0.3) is 0 Å². The molecule has 31 heavy (non-hydrogen) atoms. The zero-order chi connectivity index (χ0) is 22.4. The van der Waals surface area contributed by atoms with E-state index in [1.807, 2.05) is 0 Å². The molecule has 0 saturated carbocycles. The highest BCUT2D eigenvalue weighted by Crippen LogP contribution is 2.54. The van der Waals surface area contributed by atoms with Gasteiger partial charge in [-0.3, -0.25) is 0 Å². The Morgan fingerprint density at radius 1 is 0.484 bits per heavy atom. The van der Waals surface area contributed by atoms with Crippen LogP contribution >= 0.6 is 14.1 Å². The summed E-state index contributed by atoms with van der Waals surface area (Å²) in [5, 5.41) is 3.12. The van der Waals surface area contributed by atoms with Crippen LogP contribution in [-0.2, 0) is 0 Å². The van der Waals surface area contributed by atoms with E-state index in [2.05, 4.69) is 88.4 Å². The van der Waals surface area contributed by atoms with E-state index < -0.39 is 14.1 Å². The zero-order valence-electron chi connectivity index (χ0n) is 20.6. The van der Waals surface area contributed by atoms with Crippen molar-refractivity contribution >= 4 is 24.7 Å². The summed E-state index contributed by atoms with van der Waals surface area (Å²) in [6, 6.07) is 23.0. The topological polar surface area (TPSA) is 14.1 Å². The van der Waals surface area contributed by atoms with Gasteiger partial charge in [-0.25, -0.2) is 0 Å². The monoisotopic (exact) mass is 458 g/mol. The van der Waals surface area contributed by atoms with Crippen molar-refractivity contribution in [2.45, 2.75) is 79.1 Å². The summed E-state index contributed by atoms with van der Waals surface area (Å²) in [5.41, 5.74) is 0. The van der Waals surface area contributed by atoms with Gasteiger partial charge in [-0.1, -0.05) is 89.8 Å². The van der Waals surface area contributed by atoms with E-state index in [1.165, 1.54) is 76.0 Å². The van der Waals surface area contributed by atoms with Crippen LogP contribution in [0.4, 0.5) is 0 Å². The van der Waals surface area contributed by atoms with Gasteiger partial charge in [0.15, 0.2) is 0 Å². The Morgan fingerprint density at radius 3 is 1.03 bits per heavy atom. The Morgan fingerprint density at radius 2 is 0.774 bits per heavy atom. The number of hydrogen-bond donors (Lipinski definition) is 0. The van der Waals surface area contributed by atoms with Crippen LogP contribution in [0, 0.1) is 0 Å². The molecule has 0 aromatic heterocycles. The minimum absolute atomic E-state index is 1.26. The Balaban J connectivity index is 2.97. The molecule has 0 radical (unpaired) electrons. The Hall–Kier alpha value is -0.990. The van der Waals surface area contributed by atoms with E-state index in [1.54, 1.807) is 10.6 Å². The predicted molar refractivity (Wildman–Crippen MR) is 147 cm³/mol. The van der Waals surface area contributed by atoms with Crippen LogP contribution in [-0.4, -0.2) is 24.6 Å². The van der Waals surface area contributed by atoms with Crippen molar-refractivity contribution in [1.82, 2.24) is 4.17 Å². The van der Waals surface area contributed by atoms with Crippen molar-refractivity contribution in [2.75, 3.05) is 24.6 Å². The maximum atomic E-state index is 6.25. The molecule has 0 N–H and O–H groups in total. The quantitative estimate of drug-likeness (QED) is 0.200. The molecule has 172 valence electrons. The van der Waals surface area contributed by atoms with Crippen LogP contribution in [0.5, 0.6) is 0 Å². The van der Waals surface area contributed by atoms with Crippen LogP contribution in [0.2, 0.25) is 0 Å². The number of rotatable bonds is 14. The van der Waals surface area contributed by atoms with Crippen molar-refractivity contribution in [2.24, 2.45) is 0 Å². The van der Waals surface area contributed by atoms with E-state index in [0.717, 1.165) is 0 Å². The Kier molecular flexibility index (Phi) is 12.0. The fourth-order valence-electron chi connectivity index (χ4n) is 4.44. The molecule has 0 aliphatic rings. The van der Waals surface area contributed by atoms with Crippen LogP contribution in [0.15, 0.2) is 60.7 Å². The van der Waals surface area contributed by atoms with Crippen molar-refractivity contribution < 1.29 is 0 Å². The third-order valence-corrected chi connectivity index (χ3v) is 15.8. The number of hydrogen-bond acceptors (Lipinski definition) is 0. The first-order valence-corrected chi connectivity index (χ1v) is 17.0. The molecule has 3 heteroatoms. The Labute approximate surface area is 193 Å². The van der Waals surface area contributed by atoms with E-state index in [-0.39, 0.29) is 0 Å². The number of unbranched alkanes of at least 4 members (excludes halogenated alkanes) is 4. The Bertz CT molecular complexity index is 758. The molecular formula is C28H46NP2+. The van der Waals surface area contributed by atoms with Gasteiger partial charge in [-0.15, -0.1) is 0 Å². The summed E-state index contributed by atoms with van der Waals surface area (Å²) in [6.45, 7) is 9.36. The minimum atomic E-state index is -1.57.